The lowest BCUT2D eigenvalue weighted by Gasteiger charge is -2.28. The van der Waals surface area contributed by atoms with E-state index in [1.165, 1.54) is 6.92 Å². The fraction of sp³-hybridized carbons (Fsp3) is 0.526. The van der Waals surface area contributed by atoms with E-state index >= 15 is 0 Å². The summed E-state index contributed by atoms with van der Waals surface area (Å²) < 4.78 is 0. The molecule has 1 fully saturated rings. The maximum absolute atomic E-state index is 12.7. The summed E-state index contributed by atoms with van der Waals surface area (Å²) in [4.78, 5) is 37.5. The van der Waals surface area contributed by atoms with Gasteiger partial charge < -0.3 is 11.1 Å². The SMILES string of the molecule is CC(=O)N1c2ccccc2C[C@H]1C(=O)NCC1CCC(C(N)=O)CC1. The van der Waals surface area contributed by atoms with E-state index in [2.05, 4.69) is 5.32 Å². The first-order valence-corrected chi connectivity index (χ1v) is 8.92. The van der Waals surface area contributed by atoms with E-state index in [-0.39, 0.29) is 23.6 Å². The van der Waals surface area contributed by atoms with Gasteiger partial charge in [-0.2, -0.15) is 0 Å². The average Bonchev–Trinajstić information content (AvgIpc) is 2.99. The third-order valence-corrected chi connectivity index (χ3v) is 5.43. The summed E-state index contributed by atoms with van der Waals surface area (Å²) in [5.74, 6) is -0.0996. The van der Waals surface area contributed by atoms with E-state index in [9.17, 15) is 14.4 Å². The number of hydrogen-bond donors (Lipinski definition) is 2. The van der Waals surface area contributed by atoms with Gasteiger partial charge in [-0.15, -0.1) is 0 Å². The number of benzene rings is 1. The molecule has 0 radical (unpaired) electrons. The van der Waals surface area contributed by atoms with Crippen LogP contribution in [0.3, 0.4) is 0 Å². The fourth-order valence-corrected chi connectivity index (χ4v) is 4.00. The first kappa shape index (κ1) is 17.5. The Hall–Kier alpha value is -2.37. The van der Waals surface area contributed by atoms with Crippen LogP contribution in [0.5, 0.6) is 0 Å². The molecule has 6 heteroatoms. The van der Waals surface area contributed by atoms with E-state index in [4.69, 9.17) is 5.73 Å². The van der Waals surface area contributed by atoms with Gasteiger partial charge in [-0.1, -0.05) is 18.2 Å². The van der Waals surface area contributed by atoms with Gasteiger partial charge >= 0.3 is 0 Å². The van der Waals surface area contributed by atoms with Crippen molar-refractivity contribution >= 4 is 23.4 Å². The Morgan fingerprint density at radius 3 is 2.48 bits per heavy atom. The predicted octanol–water partition coefficient (Wildman–Crippen LogP) is 1.37. The lowest BCUT2D eigenvalue weighted by molar-refractivity contribution is -0.126. The van der Waals surface area contributed by atoms with Crippen LogP contribution in [0.1, 0.15) is 38.2 Å². The third-order valence-electron chi connectivity index (χ3n) is 5.43. The number of hydrogen-bond acceptors (Lipinski definition) is 3. The zero-order valence-electron chi connectivity index (χ0n) is 14.5. The molecular formula is C19H25N3O3. The summed E-state index contributed by atoms with van der Waals surface area (Å²) in [6, 6.07) is 7.18. The second-order valence-electron chi connectivity index (χ2n) is 7.10. The Morgan fingerprint density at radius 2 is 1.84 bits per heavy atom. The molecule has 1 aliphatic carbocycles. The number of fused-ring (bicyclic) bond motifs is 1. The smallest absolute Gasteiger partial charge is 0.243 e. The predicted molar refractivity (Wildman–Crippen MR) is 94.7 cm³/mol. The van der Waals surface area contributed by atoms with Gasteiger partial charge in [0.05, 0.1) is 0 Å². The highest BCUT2D eigenvalue weighted by Crippen LogP contribution is 2.32. The molecule has 0 aromatic heterocycles. The number of rotatable bonds is 4. The van der Waals surface area contributed by atoms with Gasteiger partial charge in [0, 0.05) is 31.5 Å². The monoisotopic (exact) mass is 343 g/mol. The molecule has 3 N–H and O–H groups in total. The molecule has 0 bridgehead atoms. The molecule has 2 aliphatic rings. The van der Waals surface area contributed by atoms with Crippen molar-refractivity contribution in [3.8, 4) is 0 Å². The second kappa shape index (κ2) is 7.25. The van der Waals surface area contributed by atoms with Crippen LogP contribution < -0.4 is 16.0 Å². The van der Waals surface area contributed by atoms with Crippen LogP contribution in [0.4, 0.5) is 5.69 Å². The molecule has 1 aromatic carbocycles. The van der Waals surface area contributed by atoms with Crippen molar-refractivity contribution < 1.29 is 14.4 Å². The van der Waals surface area contributed by atoms with Crippen LogP contribution in [0.2, 0.25) is 0 Å². The van der Waals surface area contributed by atoms with Gasteiger partial charge in [-0.05, 0) is 43.2 Å². The summed E-state index contributed by atoms with van der Waals surface area (Å²) in [6.07, 6.45) is 3.94. The maximum Gasteiger partial charge on any atom is 0.243 e. The fourth-order valence-electron chi connectivity index (χ4n) is 4.00. The number of amides is 3. The van der Waals surface area contributed by atoms with Gasteiger partial charge in [-0.3, -0.25) is 19.3 Å². The highest BCUT2D eigenvalue weighted by atomic mass is 16.2. The summed E-state index contributed by atoms with van der Waals surface area (Å²) in [6.45, 7) is 2.08. The van der Waals surface area contributed by atoms with Gasteiger partial charge in [0.1, 0.15) is 6.04 Å². The molecule has 0 saturated heterocycles. The molecule has 134 valence electrons. The Kier molecular flexibility index (Phi) is 5.06. The van der Waals surface area contributed by atoms with Crippen LogP contribution in [0, 0.1) is 11.8 Å². The quantitative estimate of drug-likeness (QED) is 0.865. The standard InChI is InChI=1S/C19H25N3O3/c1-12(23)22-16-5-3-2-4-15(16)10-17(22)19(25)21-11-13-6-8-14(9-7-13)18(20)24/h2-5,13-14,17H,6-11H2,1H3,(H2,20,24)(H,21,25)/t13?,14?,17-/m0/s1. The van der Waals surface area contributed by atoms with Crippen LogP contribution in [0.15, 0.2) is 24.3 Å². The number of nitrogens with one attached hydrogen (secondary N) is 1. The minimum absolute atomic E-state index is 0.0236. The highest BCUT2D eigenvalue weighted by Gasteiger charge is 2.36. The number of primary amides is 1. The van der Waals surface area contributed by atoms with Crippen LogP contribution in [-0.2, 0) is 20.8 Å². The Balaban J connectivity index is 1.57. The topological polar surface area (TPSA) is 92.5 Å². The molecule has 1 aromatic rings. The van der Waals surface area contributed by atoms with Crippen molar-refractivity contribution in [2.45, 2.75) is 45.1 Å². The summed E-state index contributed by atoms with van der Waals surface area (Å²) >= 11 is 0. The highest BCUT2D eigenvalue weighted by molar-refractivity contribution is 6.02. The first-order valence-electron chi connectivity index (χ1n) is 8.92. The molecule has 1 aliphatic heterocycles. The number of nitrogens with zero attached hydrogens (tertiary/aromatic N) is 1. The Bertz CT molecular complexity index is 680. The molecule has 0 unspecified atom stereocenters. The molecule has 25 heavy (non-hydrogen) atoms. The van der Waals surface area contributed by atoms with E-state index < -0.39 is 6.04 Å². The molecule has 6 nitrogen and oxygen atoms in total. The summed E-state index contributed by atoms with van der Waals surface area (Å²) in [7, 11) is 0. The zero-order valence-corrected chi connectivity index (χ0v) is 14.5. The van der Waals surface area contributed by atoms with Gasteiger partial charge in [0.25, 0.3) is 0 Å². The largest absolute Gasteiger partial charge is 0.369 e. The van der Waals surface area contributed by atoms with Crippen LogP contribution in [0.25, 0.3) is 0 Å². The van der Waals surface area contributed by atoms with Crippen molar-refractivity contribution in [3.63, 3.8) is 0 Å². The average molecular weight is 343 g/mol. The molecule has 0 spiro atoms. The molecule has 3 rings (SSSR count). The van der Waals surface area contributed by atoms with Gasteiger partial charge in [-0.25, -0.2) is 0 Å². The van der Waals surface area contributed by atoms with Crippen molar-refractivity contribution in [1.82, 2.24) is 5.32 Å². The van der Waals surface area contributed by atoms with Gasteiger partial charge in [0.2, 0.25) is 17.7 Å². The molecule has 1 heterocycles. The first-order chi connectivity index (χ1) is 12.0. The van der Waals surface area contributed by atoms with E-state index in [1.54, 1.807) is 4.90 Å². The van der Waals surface area contributed by atoms with Crippen LogP contribution >= 0.6 is 0 Å². The molecule has 3 amide bonds. The zero-order chi connectivity index (χ0) is 18.0. The van der Waals surface area contributed by atoms with Crippen molar-refractivity contribution in [1.29, 1.82) is 0 Å². The van der Waals surface area contributed by atoms with E-state index in [1.807, 2.05) is 24.3 Å². The van der Waals surface area contributed by atoms with Crippen molar-refractivity contribution in [3.05, 3.63) is 29.8 Å². The minimum atomic E-state index is -0.475. The van der Waals surface area contributed by atoms with Crippen molar-refractivity contribution in [2.24, 2.45) is 17.6 Å². The Morgan fingerprint density at radius 1 is 1.16 bits per heavy atom. The minimum Gasteiger partial charge on any atom is -0.369 e. The normalized spacial score (nSPS) is 25.3. The van der Waals surface area contributed by atoms with Crippen LogP contribution in [-0.4, -0.2) is 30.3 Å². The molecule has 1 saturated carbocycles. The number of carbonyl (C=O) groups excluding carboxylic acids is 3. The van der Waals surface area contributed by atoms with Gasteiger partial charge in [0.15, 0.2) is 0 Å². The van der Waals surface area contributed by atoms with E-state index in [0.29, 0.717) is 18.9 Å². The third kappa shape index (κ3) is 3.67. The summed E-state index contributed by atoms with van der Waals surface area (Å²) in [5.41, 5.74) is 7.22. The second-order valence-corrected chi connectivity index (χ2v) is 7.10. The number of carbonyl (C=O) groups is 3. The number of anilines is 1. The lowest BCUT2D eigenvalue weighted by Crippen LogP contribution is -2.48. The molecular weight excluding hydrogens is 318 g/mol. The summed E-state index contributed by atoms with van der Waals surface area (Å²) in [5, 5.41) is 3.01. The maximum atomic E-state index is 12.7. The Labute approximate surface area is 147 Å². The van der Waals surface area contributed by atoms with E-state index in [0.717, 1.165) is 36.9 Å². The number of para-hydroxylation sites is 1. The number of nitrogens with two attached hydrogens (primary N) is 1. The van der Waals surface area contributed by atoms with Crippen molar-refractivity contribution in [2.75, 3.05) is 11.4 Å². The lowest BCUT2D eigenvalue weighted by atomic mass is 9.81. The molecule has 1 atom stereocenters.